The van der Waals surface area contributed by atoms with Crippen molar-refractivity contribution in [3.8, 4) is 0 Å². The standard InChI is InChI=1S/C15H12ClF3/c1-9-2-4-13(17)11(6-9)12(16)7-10-3-5-14(18)15(19)8-10/h2-6,8,12H,7H2,1H3. The van der Waals surface area contributed by atoms with Gasteiger partial charge in [0.05, 0.1) is 5.38 Å². The number of hydrogen-bond donors (Lipinski definition) is 0. The zero-order valence-corrected chi connectivity index (χ0v) is 11.0. The Balaban J connectivity index is 2.22. The van der Waals surface area contributed by atoms with Crippen LogP contribution in [0.4, 0.5) is 13.2 Å². The Morgan fingerprint density at radius 2 is 1.63 bits per heavy atom. The summed E-state index contributed by atoms with van der Waals surface area (Å²) in [5.41, 5.74) is 1.79. The topological polar surface area (TPSA) is 0 Å². The van der Waals surface area contributed by atoms with Crippen molar-refractivity contribution in [1.29, 1.82) is 0 Å². The van der Waals surface area contributed by atoms with Crippen LogP contribution in [-0.4, -0.2) is 0 Å². The van der Waals surface area contributed by atoms with Crippen molar-refractivity contribution in [2.75, 3.05) is 0 Å². The van der Waals surface area contributed by atoms with Crippen molar-refractivity contribution in [1.82, 2.24) is 0 Å². The van der Waals surface area contributed by atoms with Gasteiger partial charge in [-0.25, -0.2) is 13.2 Å². The number of hydrogen-bond acceptors (Lipinski definition) is 0. The second kappa shape index (κ2) is 5.66. The predicted molar refractivity (Wildman–Crippen MR) is 69.8 cm³/mol. The molecule has 0 nitrogen and oxygen atoms in total. The molecule has 0 radical (unpaired) electrons. The first-order chi connectivity index (χ1) is 8.97. The highest BCUT2D eigenvalue weighted by Crippen LogP contribution is 2.28. The normalized spacial score (nSPS) is 12.5. The van der Waals surface area contributed by atoms with E-state index in [0.717, 1.165) is 17.7 Å². The molecular weight excluding hydrogens is 273 g/mol. The SMILES string of the molecule is Cc1ccc(F)c(C(Cl)Cc2ccc(F)c(F)c2)c1. The fourth-order valence-corrected chi connectivity index (χ4v) is 2.23. The van der Waals surface area contributed by atoms with Crippen LogP contribution < -0.4 is 0 Å². The molecule has 0 N–H and O–H groups in total. The van der Waals surface area contributed by atoms with E-state index in [1.165, 1.54) is 12.1 Å². The molecule has 0 bridgehead atoms. The van der Waals surface area contributed by atoms with Crippen LogP contribution in [0.2, 0.25) is 0 Å². The molecule has 0 fully saturated rings. The Bertz CT molecular complexity index is 596. The lowest BCUT2D eigenvalue weighted by atomic mass is 10.0. The lowest BCUT2D eigenvalue weighted by Gasteiger charge is -2.12. The minimum Gasteiger partial charge on any atom is -0.207 e. The molecule has 2 rings (SSSR count). The van der Waals surface area contributed by atoms with Gasteiger partial charge in [0.2, 0.25) is 0 Å². The Morgan fingerprint density at radius 1 is 0.947 bits per heavy atom. The summed E-state index contributed by atoms with van der Waals surface area (Å²) in [5.74, 6) is -2.23. The zero-order valence-electron chi connectivity index (χ0n) is 10.3. The fraction of sp³-hybridized carbons (Fsp3) is 0.200. The summed E-state index contributed by atoms with van der Waals surface area (Å²) in [7, 11) is 0. The average Bonchev–Trinajstić information content (AvgIpc) is 2.36. The number of rotatable bonds is 3. The van der Waals surface area contributed by atoms with E-state index in [-0.39, 0.29) is 6.42 Å². The van der Waals surface area contributed by atoms with E-state index in [2.05, 4.69) is 0 Å². The van der Waals surface area contributed by atoms with Crippen LogP contribution in [0.25, 0.3) is 0 Å². The quantitative estimate of drug-likeness (QED) is 0.701. The summed E-state index contributed by atoms with van der Waals surface area (Å²) < 4.78 is 39.5. The molecule has 1 unspecified atom stereocenters. The highest BCUT2D eigenvalue weighted by atomic mass is 35.5. The Kier molecular flexibility index (Phi) is 4.15. The van der Waals surface area contributed by atoms with E-state index >= 15 is 0 Å². The van der Waals surface area contributed by atoms with E-state index in [0.29, 0.717) is 11.1 Å². The molecule has 0 aliphatic rings. The maximum atomic E-state index is 13.6. The van der Waals surface area contributed by atoms with Crippen LogP contribution in [0.5, 0.6) is 0 Å². The van der Waals surface area contributed by atoms with Crippen LogP contribution in [0, 0.1) is 24.4 Å². The lowest BCUT2D eigenvalue weighted by Crippen LogP contribution is -2.00. The van der Waals surface area contributed by atoms with Gasteiger partial charge in [-0.15, -0.1) is 11.6 Å². The fourth-order valence-electron chi connectivity index (χ4n) is 1.89. The van der Waals surface area contributed by atoms with Gasteiger partial charge in [-0.05, 0) is 37.1 Å². The molecule has 0 saturated carbocycles. The van der Waals surface area contributed by atoms with Gasteiger partial charge < -0.3 is 0 Å². The number of aryl methyl sites for hydroxylation is 1. The summed E-state index contributed by atoms with van der Waals surface area (Å²) in [6, 6.07) is 8.24. The Hall–Kier alpha value is -1.48. The summed E-state index contributed by atoms with van der Waals surface area (Å²) >= 11 is 6.15. The van der Waals surface area contributed by atoms with Crippen LogP contribution in [0.1, 0.15) is 22.1 Å². The molecule has 0 saturated heterocycles. The van der Waals surface area contributed by atoms with Gasteiger partial charge in [0.15, 0.2) is 11.6 Å². The maximum absolute atomic E-state index is 13.6. The van der Waals surface area contributed by atoms with Crippen molar-refractivity contribution in [3.05, 3.63) is 70.5 Å². The van der Waals surface area contributed by atoms with E-state index in [1.807, 2.05) is 6.92 Å². The predicted octanol–water partition coefficient (Wildman–Crippen LogP) is 4.93. The first-order valence-corrected chi connectivity index (χ1v) is 6.25. The Labute approximate surface area is 114 Å². The minimum atomic E-state index is -0.925. The van der Waals surface area contributed by atoms with Crippen molar-refractivity contribution < 1.29 is 13.2 Å². The smallest absolute Gasteiger partial charge is 0.159 e. The van der Waals surface area contributed by atoms with Crippen LogP contribution in [-0.2, 0) is 6.42 Å². The minimum absolute atomic E-state index is 0.235. The average molecular weight is 285 g/mol. The van der Waals surface area contributed by atoms with Gasteiger partial charge in [-0.1, -0.05) is 23.8 Å². The summed E-state index contributed by atoms with van der Waals surface area (Å²) in [6.45, 7) is 1.84. The third kappa shape index (κ3) is 3.29. The van der Waals surface area contributed by atoms with E-state index in [9.17, 15) is 13.2 Å². The van der Waals surface area contributed by atoms with Crippen molar-refractivity contribution in [3.63, 3.8) is 0 Å². The molecule has 2 aromatic carbocycles. The lowest BCUT2D eigenvalue weighted by molar-refractivity contribution is 0.507. The van der Waals surface area contributed by atoms with Crippen LogP contribution in [0.15, 0.2) is 36.4 Å². The summed E-state index contributed by atoms with van der Waals surface area (Å²) in [6.07, 6.45) is 0.235. The molecule has 100 valence electrons. The van der Waals surface area contributed by atoms with E-state index in [1.54, 1.807) is 12.1 Å². The number of halogens is 4. The molecule has 2 aromatic rings. The molecule has 0 aliphatic heterocycles. The van der Waals surface area contributed by atoms with Crippen molar-refractivity contribution in [2.24, 2.45) is 0 Å². The van der Waals surface area contributed by atoms with Crippen molar-refractivity contribution in [2.45, 2.75) is 18.7 Å². The highest BCUT2D eigenvalue weighted by Gasteiger charge is 2.15. The third-order valence-corrected chi connectivity index (χ3v) is 3.28. The van der Waals surface area contributed by atoms with Gasteiger partial charge >= 0.3 is 0 Å². The first kappa shape index (κ1) is 13.9. The van der Waals surface area contributed by atoms with Gasteiger partial charge in [0.1, 0.15) is 5.82 Å². The molecular formula is C15H12ClF3. The molecule has 0 amide bonds. The number of benzene rings is 2. The molecule has 0 spiro atoms. The molecule has 0 heterocycles. The van der Waals surface area contributed by atoms with Gasteiger partial charge in [-0.2, -0.15) is 0 Å². The van der Waals surface area contributed by atoms with Crippen molar-refractivity contribution >= 4 is 11.6 Å². The van der Waals surface area contributed by atoms with Gasteiger partial charge in [0.25, 0.3) is 0 Å². The second-order valence-corrected chi connectivity index (χ2v) is 4.97. The molecule has 0 aromatic heterocycles. The molecule has 19 heavy (non-hydrogen) atoms. The maximum Gasteiger partial charge on any atom is 0.159 e. The van der Waals surface area contributed by atoms with Crippen LogP contribution in [0.3, 0.4) is 0 Å². The monoisotopic (exact) mass is 284 g/mol. The van der Waals surface area contributed by atoms with Gasteiger partial charge in [-0.3, -0.25) is 0 Å². The summed E-state index contributed by atoms with van der Waals surface area (Å²) in [4.78, 5) is 0. The molecule has 0 aliphatic carbocycles. The van der Waals surface area contributed by atoms with Crippen LogP contribution >= 0.6 is 11.6 Å². The third-order valence-electron chi connectivity index (χ3n) is 2.89. The summed E-state index contributed by atoms with van der Waals surface area (Å²) in [5, 5.41) is -0.621. The Morgan fingerprint density at radius 3 is 2.32 bits per heavy atom. The largest absolute Gasteiger partial charge is 0.207 e. The highest BCUT2D eigenvalue weighted by molar-refractivity contribution is 6.20. The number of alkyl halides is 1. The second-order valence-electron chi connectivity index (χ2n) is 4.45. The van der Waals surface area contributed by atoms with Gasteiger partial charge in [0, 0.05) is 5.56 Å². The molecule has 1 atom stereocenters. The van der Waals surface area contributed by atoms with E-state index in [4.69, 9.17) is 11.6 Å². The first-order valence-electron chi connectivity index (χ1n) is 5.81. The van der Waals surface area contributed by atoms with E-state index < -0.39 is 22.8 Å². The molecule has 4 heteroatoms. The zero-order chi connectivity index (χ0) is 14.0.